The Kier molecular flexibility index (Phi) is 1.77. The molecular formula is C9H5FO2S. The summed E-state index contributed by atoms with van der Waals surface area (Å²) < 4.78 is 12.9. The van der Waals surface area contributed by atoms with Gasteiger partial charge >= 0.3 is 0 Å². The molecule has 0 saturated carbocycles. The van der Waals surface area contributed by atoms with Crippen LogP contribution in [0.3, 0.4) is 0 Å². The first-order chi connectivity index (χ1) is 6.16. The average molecular weight is 196 g/mol. The molecule has 0 saturated heterocycles. The molecule has 0 fully saturated rings. The first-order valence-electron chi connectivity index (χ1n) is 3.59. The molecule has 2 nitrogen and oxygen atoms in total. The van der Waals surface area contributed by atoms with Gasteiger partial charge in [0.15, 0.2) is 0 Å². The molecule has 4 heteroatoms. The SMILES string of the molecule is O=c1cc(O)c2ccc(F)cc2s1. The Morgan fingerprint density at radius 2 is 2.08 bits per heavy atom. The highest BCUT2D eigenvalue weighted by Crippen LogP contribution is 2.25. The monoisotopic (exact) mass is 196 g/mol. The molecule has 0 unspecified atom stereocenters. The molecule has 0 spiro atoms. The van der Waals surface area contributed by atoms with E-state index in [-0.39, 0.29) is 10.5 Å². The van der Waals surface area contributed by atoms with Gasteiger partial charge in [-0.15, -0.1) is 0 Å². The third kappa shape index (κ3) is 1.40. The lowest BCUT2D eigenvalue weighted by molar-refractivity contribution is 0.481. The van der Waals surface area contributed by atoms with Crippen molar-refractivity contribution >= 4 is 21.4 Å². The summed E-state index contributed by atoms with van der Waals surface area (Å²) in [6.45, 7) is 0. The normalized spacial score (nSPS) is 10.5. The first kappa shape index (κ1) is 8.19. The van der Waals surface area contributed by atoms with Crippen molar-refractivity contribution in [1.82, 2.24) is 0 Å². The van der Waals surface area contributed by atoms with E-state index in [9.17, 15) is 14.3 Å². The molecule has 0 aliphatic carbocycles. The van der Waals surface area contributed by atoms with E-state index in [2.05, 4.69) is 0 Å². The van der Waals surface area contributed by atoms with Gasteiger partial charge in [-0.1, -0.05) is 11.3 Å². The van der Waals surface area contributed by atoms with Gasteiger partial charge in [0.25, 0.3) is 0 Å². The lowest BCUT2D eigenvalue weighted by Gasteiger charge is -1.97. The second-order valence-electron chi connectivity index (χ2n) is 2.59. The van der Waals surface area contributed by atoms with E-state index >= 15 is 0 Å². The Balaban J connectivity index is 2.94. The van der Waals surface area contributed by atoms with Gasteiger partial charge in [-0.3, -0.25) is 4.79 Å². The molecule has 0 radical (unpaired) electrons. The first-order valence-corrected chi connectivity index (χ1v) is 4.41. The summed E-state index contributed by atoms with van der Waals surface area (Å²) in [7, 11) is 0. The Hall–Kier alpha value is -1.42. The standard InChI is InChI=1S/C9H5FO2S/c10-5-1-2-6-7(11)4-9(12)13-8(6)3-5/h1-4,11H. The Bertz CT molecular complexity index is 518. The van der Waals surface area contributed by atoms with E-state index in [0.717, 1.165) is 17.4 Å². The molecule has 1 heterocycles. The maximum Gasteiger partial charge on any atom is 0.236 e. The molecular weight excluding hydrogens is 191 g/mol. The lowest BCUT2D eigenvalue weighted by Crippen LogP contribution is -1.90. The van der Waals surface area contributed by atoms with E-state index in [4.69, 9.17) is 0 Å². The van der Waals surface area contributed by atoms with Crippen molar-refractivity contribution in [3.63, 3.8) is 0 Å². The highest BCUT2D eigenvalue weighted by molar-refractivity contribution is 7.16. The molecule has 66 valence electrons. The second kappa shape index (κ2) is 2.81. The van der Waals surface area contributed by atoms with Gasteiger partial charge in [0.05, 0.1) is 0 Å². The number of rotatable bonds is 0. The van der Waals surface area contributed by atoms with Crippen LogP contribution in [0.1, 0.15) is 0 Å². The largest absolute Gasteiger partial charge is 0.507 e. The van der Waals surface area contributed by atoms with Gasteiger partial charge in [0, 0.05) is 16.2 Å². The predicted octanol–water partition coefficient (Wildman–Crippen LogP) is 2.11. The van der Waals surface area contributed by atoms with E-state index in [0.29, 0.717) is 10.1 Å². The van der Waals surface area contributed by atoms with Crippen LogP contribution in [0.5, 0.6) is 5.75 Å². The zero-order valence-corrected chi connectivity index (χ0v) is 7.27. The van der Waals surface area contributed by atoms with Crippen molar-refractivity contribution in [3.8, 4) is 5.75 Å². The fourth-order valence-electron chi connectivity index (χ4n) is 1.12. The van der Waals surface area contributed by atoms with Crippen LogP contribution >= 0.6 is 11.3 Å². The molecule has 0 bridgehead atoms. The van der Waals surface area contributed by atoms with Gasteiger partial charge in [0.2, 0.25) is 4.74 Å². The fraction of sp³-hybridized carbons (Fsp3) is 0. The lowest BCUT2D eigenvalue weighted by atomic mass is 10.2. The van der Waals surface area contributed by atoms with Crippen molar-refractivity contribution < 1.29 is 9.50 Å². The third-order valence-corrected chi connectivity index (χ3v) is 2.56. The topological polar surface area (TPSA) is 37.3 Å². The quantitative estimate of drug-likeness (QED) is 0.700. The van der Waals surface area contributed by atoms with E-state index < -0.39 is 5.82 Å². The van der Waals surface area contributed by atoms with Crippen LogP contribution in [-0.4, -0.2) is 5.11 Å². The Morgan fingerprint density at radius 1 is 1.31 bits per heavy atom. The van der Waals surface area contributed by atoms with Crippen LogP contribution in [0.2, 0.25) is 0 Å². The van der Waals surface area contributed by atoms with Gasteiger partial charge in [-0.2, -0.15) is 0 Å². The van der Waals surface area contributed by atoms with Crippen molar-refractivity contribution in [3.05, 3.63) is 39.6 Å². The summed E-state index contributed by atoms with van der Waals surface area (Å²) in [5.74, 6) is -0.507. The second-order valence-corrected chi connectivity index (χ2v) is 3.64. The van der Waals surface area contributed by atoms with Gasteiger partial charge < -0.3 is 5.11 Å². The number of halogens is 1. The minimum absolute atomic E-state index is 0.0984. The predicted molar refractivity (Wildman–Crippen MR) is 49.7 cm³/mol. The summed E-state index contributed by atoms with van der Waals surface area (Å²) in [6, 6.07) is 5.07. The molecule has 2 aromatic rings. The van der Waals surface area contributed by atoms with Crippen LogP contribution in [0.4, 0.5) is 4.39 Å². The van der Waals surface area contributed by atoms with Crippen LogP contribution in [0.15, 0.2) is 29.1 Å². The molecule has 0 aliphatic heterocycles. The van der Waals surface area contributed by atoms with Gasteiger partial charge in [0.1, 0.15) is 11.6 Å². The van der Waals surface area contributed by atoms with E-state index in [1.807, 2.05) is 0 Å². The summed E-state index contributed by atoms with van der Waals surface area (Å²) in [5, 5.41) is 9.83. The molecule has 13 heavy (non-hydrogen) atoms. The van der Waals surface area contributed by atoms with Crippen LogP contribution in [0, 0.1) is 5.82 Å². The van der Waals surface area contributed by atoms with Gasteiger partial charge in [-0.05, 0) is 18.2 Å². The summed E-state index contributed by atoms with van der Waals surface area (Å²) in [5.41, 5.74) is 0. The third-order valence-electron chi connectivity index (χ3n) is 1.68. The van der Waals surface area contributed by atoms with Crippen molar-refractivity contribution in [2.45, 2.75) is 0 Å². The van der Waals surface area contributed by atoms with Crippen molar-refractivity contribution in [1.29, 1.82) is 0 Å². The van der Waals surface area contributed by atoms with Gasteiger partial charge in [-0.25, -0.2) is 4.39 Å². The van der Waals surface area contributed by atoms with Crippen molar-refractivity contribution in [2.24, 2.45) is 0 Å². The minimum atomic E-state index is -0.409. The number of aromatic hydroxyl groups is 1. The van der Waals surface area contributed by atoms with E-state index in [1.165, 1.54) is 18.2 Å². The van der Waals surface area contributed by atoms with Crippen LogP contribution in [-0.2, 0) is 0 Å². The molecule has 1 N–H and O–H groups in total. The fourth-order valence-corrected chi connectivity index (χ4v) is 1.96. The molecule has 1 aromatic carbocycles. The molecule has 0 amide bonds. The maximum atomic E-state index is 12.7. The molecule has 1 aromatic heterocycles. The van der Waals surface area contributed by atoms with Crippen LogP contribution < -0.4 is 4.74 Å². The Labute approximate surface area is 76.9 Å². The smallest absolute Gasteiger partial charge is 0.236 e. The summed E-state index contributed by atoms with van der Waals surface area (Å²) >= 11 is 0.914. The number of hydrogen-bond acceptors (Lipinski definition) is 3. The van der Waals surface area contributed by atoms with E-state index in [1.54, 1.807) is 0 Å². The molecule has 0 aliphatic rings. The zero-order chi connectivity index (χ0) is 9.42. The maximum absolute atomic E-state index is 12.7. The molecule has 0 atom stereocenters. The highest BCUT2D eigenvalue weighted by atomic mass is 32.1. The average Bonchev–Trinajstić information content (AvgIpc) is 2.02. The zero-order valence-electron chi connectivity index (χ0n) is 6.45. The number of benzene rings is 1. The molecule has 2 rings (SSSR count). The minimum Gasteiger partial charge on any atom is -0.507 e. The summed E-state index contributed by atoms with van der Waals surface area (Å²) in [6.07, 6.45) is 0. The highest BCUT2D eigenvalue weighted by Gasteiger charge is 2.02. The number of hydrogen-bond donors (Lipinski definition) is 1. The van der Waals surface area contributed by atoms with Crippen molar-refractivity contribution in [2.75, 3.05) is 0 Å². The number of fused-ring (bicyclic) bond motifs is 1. The summed E-state index contributed by atoms with van der Waals surface area (Å²) in [4.78, 5) is 11.0. The van der Waals surface area contributed by atoms with Crippen LogP contribution in [0.25, 0.3) is 10.1 Å². The Morgan fingerprint density at radius 3 is 2.85 bits per heavy atom.